The molecule has 1 aliphatic rings. The van der Waals surface area contributed by atoms with Crippen molar-refractivity contribution in [2.75, 3.05) is 45.4 Å². The molecular weight excluding hydrogens is 404 g/mol. The van der Waals surface area contributed by atoms with Crippen LogP contribution in [0.4, 0.5) is 5.69 Å². The van der Waals surface area contributed by atoms with E-state index in [1.54, 1.807) is 0 Å². The Kier molecular flexibility index (Phi) is 9.23. The Morgan fingerprint density at radius 3 is 2.41 bits per heavy atom. The first kappa shape index (κ1) is 23.9. The second kappa shape index (κ2) is 12.3. The highest BCUT2D eigenvalue weighted by Gasteiger charge is 2.22. The fraction of sp³-hybridized carbons (Fsp3) is 0.500. The molecule has 0 radical (unpaired) electrons. The van der Waals surface area contributed by atoms with Crippen LogP contribution in [0.15, 0.2) is 48.5 Å². The number of carbonyl (C=O) groups is 1. The molecule has 1 saturated heterocycles. The standard InChI is InChI=1S/C26H36N2O4/c1-4-30-24-10-5-6-11-25(24)32-18-8-12-26(29)28(20-23-9-7-17-31-23)19-21-13-15-22(16-14-21)27(2)3/h5-6,10-11,13-16,23H,4,7-9,12,17-20H2,1-3H3. The molecule has 174 valence electrons. The predicted molar refractivity (Wildman–Crippen MR) is 128 cm³/mol. The smallest absolute Gasteiger partial charge is 0.223 e. The monoisotopic (exact) mass is 440 g/mol. The van der Waals surface area contributed by atoms with Gasteiger partial charge in [0.25, 0.3) is 0 Å². The molecule has 1 heterocycles. The minimum absolute atomic E-state index is 0.134. The number of hydrogen-bond acceptors (Lipinski definition) is 5. The van der Waals surface area contributed by atoms with Gasteiger partial charge in [0.05, 0.1) is 19.3 Å². The Bertz CT molecular complexity index is 832. The van der Waals surface area contributed by atoms with Crippen LogP contribution in [0.3, 0.4) is 0 Å². The number of amides is 1. The maximum absolute atomic E-state index is 13.1. The third kappa shape index (κ3) is 7.16. The largest absolute Gasteiger partial charge is 0.490 e. The minimum atomic E-state index is 0.134. The molecule has 6 heteroatoms. The first-order valence-electron chi connectivity index (χ1n) is 11.6. The quantitative estimate of drug-likeness (QED) is 0.454. The van der Waals surface area contributed by atoms with E-state index in [2.05, 4.69) is 29.2 Å². The summed E-state index contributed by atoms with van der Waals surface area (Å²) in [5.41, 5.74) is 2.28. The number of hydrogen-bond donors (Lipinski definition) is 0. The van der Waals surface area contributed by atoms with Gasteiger partial charge in [-0.15, -0.1) is 0 Å². The van der Waals surface area contributed by atoms with Crippen molar-refractivity contribution < 1.29 is 19.0 Å². The van der Waals surface area contributed by atoms with Crippen molar-refractivity contribution in [3.05, 3.63) is 54.1 Å². The zero-order chi connectivity index (χ0) is 22.8. The van der Waals surface area contributed by atoms with Gasteiger partial charge in [0, 0.05) is 45.9 Å². The second-order valence-electron chi connectivity index (χ2n) is 8.30. The van der Waals surface area contributed by atoms with Gasteiger partial charge < -0.3 is 24.0 Å². The molecule has 2 aromatic rings. The molecular formula is C26H36N2O4. The second-order valence-corrected chi connectivity index (χ2v) is 8.30. The summed E-state index contributed by atoms with van der Waals surface area (Å²) < 4.78 is 17.3. The molecule has 32 heavy (non-hydrogen) atoms. The van der Waals surface area contributed by atoms with Gasteiger partial charge in [-0.3, -0.25) is 4.79 Å². The van der Waals surface area contributed by atoms with E-state index >= 15 is 0 Å². The average molecular weight is 441 g/mol. The zero-order valence-corrected chi connectivity index (χ0v) is 19.6. The molecule has 0 saturated carbocycles. The summed E-state index contributed by atoms with van der Waals surface area (Å²) in [7, 11) is 4.05. The van der Waals surface area contributed by atoms with E-state index in [9.17, 15) is 4.79 Å². The van der Waals surface area contributed by atoms with E-state index in [1.165, 1.54) is 0 Å². The van der Waals surface area contributed by atoms with Gasteiger partial charge in [0.1, 0.15) is 0 Å². The number of anilines is 1. The fourth-order valence-electron chi connectivity index (χ4n) is 3.82. The Labute approximate surface area is 192 Å². The van der Waals surface area contributed by atoms with Crippen LogP contribution in [0.5, 0.6) is 11.5 Å². The lowest BCUT2D eigenvalue weighted by molar-refractivity contribution is -0.133. The molecule has 1 amide bonds. The van der Waals surface area contributed by atoms with E-state index in [-0.39, 0.29) is 12.0 Å². The average Bonchev–Trinajstić information content (AvgIpc) is 3.31. The van der Waals surface area contributed by atoms with Crippen molar-refractivity contribution in [3.8, 4) is 11.5 Å². The van der Waals surface area contributed by atoms with E-state index in [0.29, 0.717) is 39.1 Å². The predicted octanol–water partition coefficient (Wildman–Crippen LogP) is 4.52. The Morgan fingerprint density at radius 2 is 1.78 bits per heavy atom. The van der Waals surface area contributed by atoms with Crippen LogP contribution in [-0.4, -0.2) is 57.4 Å². The molecule has 3 rings (SSSR count). The molecule has 1 atom stereocenters. The van der Waals surface area contributed by atoms with Gasteiger partial charge in [-0.1, -0.05) is 24.3 Å². The molecule has 1 unspecified atom stereocenters. The highest BCUT2D eigenvalue weighted by Crippen LogP contribution is 2.26. The third-order valence-electron chi connectivity index (χ3n) is 5.57. The van der Waals surface area contributed by atoms with Crippen molar-refractivity contribution in [2.24, 2.45) is 0 Å². The highest BCUT2D eigenvalue weighted by molar-refractivity contribution is 5.76. The van der Waals surface area contributed by atoms with Crippen LogP contribution in [0, 0.1) is 0 Å². The van der Waals surface area contributed by atoms with E-state index in [1.807, 2.05) is 50.2 Å². The molecule has 0 N–H and O–H groups in total. The van der Waals surface area contributed by atoms with Crippen LogP contribution in [0.2, 0.25) is 0 Å². The maximum atomic E-state index is 13.1. The molecule has 2 aromatic carbocycles. The van der Waals surface area contributed by atoms with Crippen LogP contribution in [0.25, 0.3) is 0 Å². The summed E-state index contributed by atoms with van der Waals surface area (Å²) in [4.78, 5) is 17.1. The van der Waals surface area contributed by atoms with Gasteiger partial charge in [0.2, 0.25) is 5.91 Å². The molecule has 0 bridgehead atoms. The van der Waals surface area contributed by atoms with E-state index in [0.717, 1.165) is 42.2 Å². The molecule has 1 fully saturated rings. The maximum Gasteiger partial charge on any atom is 0.223 e. The van der Waals surface area contributed by atoms with E-state index < -0.39 is 0 Å². The van der Waals surface area contributed by atoms with Gasteiger partial charge in [-0.25, -0.2) is 0 Å². The van der Waals surface area contributed by atoms with Gasteiger partial charge >= 0.3 is 0 Å². The van der Waals surface area contributed by atoms with Crippen molar-refractivity contribution in [2.45, 2.75) is 45.3 Å². The van der Waals surface area contributed by atoms with Crippen LogP contribution in [-0.2, 0) is 16.1 Å². The number of benzene rings is 2. The van der Waals surface area contributed by atoms with Gasteiger partial charge in [-0.05, 0) is 56.0 Å². The number of ether oxygens (including phenoxy) is 3. The van der Waals surface area contributed by atoms with Crippen molar-refractivity contribution >= 4 is 11.6 Å². The summed E-state index contributed by atoms with van der Waals surface area (Å²) in [5, 5.41) is 0. The van der Waals surface area contributed by atoms with Crippen molar-refractivity contribution in [1.29, 1.82) is 0 Å². The Morgan fingerprint density at radius 1 is 1.06 bits per heavy atom. The summed E-state index contributed by atoms with van der Waals surface area (Å²) in [5.74, 6) is 1.60. The Balaban J connectivity index is 1.54. The van der Waals surface area contributed by atoms with E-state index in [4.69, 9.17) is 14.2 Å². The lowest BCUT2D eigenvalue weighted by Crippen LogP contribution is -2.37. The minimum Gasteiger partial charge on any atom is -0.490 e. The van der Waals surface area contributed by atoms with Crippen LogP contribution >= 0.6 is 0 Å². The summed E-state index contributed by atoms with van der Waals surface area (Å²) >= 11 is 0. The number of carbonyl (C=O) groups excluding carboxylic acids is 1. The van der Waals surface area contributed by atoms with Gasteiger partial charge in [0.15, 0.2) is 11.5 Å². The lowest BCUT2D eigenvalue weighted by Gasteiger charge is -2.26. The third-order valence-corrected chi connectivity index (χ3v) is 5.57. The molecule has 0 aliphatic carbocycles. The summed E-state index contributed by atoms with van der Waals surface area (Å²) in [6, 6.07) is 16.0. The molecule has 0 aromatic heterocycles. The lowest BCUT2D eigenvalue weighted by atomic mass is 10.1. The van der Waals surface area contributed by atoms with Crippen molar-refractivity contribution in [1.82, 2.24) is 4.90 Å². The highest BCUT2D eigenvalue weighted by atomic mass is 16.5. The SMILES string of the molecule is CCOc1ccccc1OCCCC(=O)N(Cc1ccc(N(C)C)cc1)CC1CCCO1. The normalized spacial score (nSPS) is 15.4. The number of para-hydroxylation sites is 2. The van der Waals surface area contributed by atoms with Crippen molar-refractivity contribution in [3.63, 3.8) is 0 Å². The summed E-state index contributed by atoms with van der Waals surface area (Å²) in [6.45, 7) is 5.04. The van der Waals surface area contributed by atoms with Crippen LogP contribution < -0.4 is 14.4 Å². The first-order valence-corrected chi connectivity index (χ1v) is 11.6. The molecule has 1 aliphatic heterocycles. The topological polar surface area (TPSA) is 51.2 Å². The number of rotatable bonds is 12. The van der Waals surface area contributed by atoms with Gasteiger partial charge in [-0.2, -0.15) is 0 Å². The van der Waals surface area contributed by atoms with Crippen LogP contribution in [0.1, 0.15) is 38.2 Å². The summed E-state index contributed by atoms with van der Waals surface area (Å²) in [6.07, 6.45) is 3.31. The fourth-order valence-corrected chi connectivity index (χ4v) is 3.82. The zero-order valence-electron chi connectivity index (χ0n) is 19.6. The first-order chi connectivity index (χ1) is 15.6. The molecule has 6 nitrogen and oxygen atoms in total. The molecule has 0 spiro atoms. The Hall–Kier alpha value is -2.73. The number of nitrogens with zero attached hydrogens (tertiary/aromatic N) is 2.